The van der Waals surface area contributed by atoms with Crippen LogP contribution in [0, 0.1) is 5.92 Å². The number of nitrogens with one attached hydrogen (secondary N) is 1. The third kappa shape index (κ3) is 5.96. The predicted octanol–water partition coefficient (Wildman–Crippen LogP) is 5.06. The van der Waals surface area contributed by atoms with E-state index in [9.17, 15) is 13.2 Å². The smallest absolute Gasteiger partial charge is 0.406 e. The van der Waals surface area contributed by atoms with Crippen molar-refractivity contribution in [1.29, 1.82) is 0 Å². The highest BCUT2D eigenvalue weighted by atomic mass is 19.4. The van der Waals surface area contributed by atoms with E-state index in [0.29, 0.717) is 5.92 Å². The van der Waals surface area contributed by atoms with Crippen molar-refractivity contribution in [3.8, 4) is 5.75 Å². The van der Waals surface area contributed by atoms with Crippen molar-refractivity contribution in [3.63, 3.8) is 0 Å². The maximum absolute atomic E-state index is 12.3. The van der Waals surface area contributed by atoms with E-state index in [-0.39, 0.29) is 11.8 Å². The zero-order valence-electron chi connectivity index (χ0n) is 12.8. The fourth-order valence-electron chi connectivity index (χ4n) is 2.80. The van der Waals surface area contributed by atoms with Crippen LogP contribution in [0.2, 0.25) is 0 Å². The van der Waals surface area contributed by atoms with E-state index in [1.165, 1.54) is 12.1 Å². The van der Waals surface area contributed by atoms with E-state index in [2.05, 4.69) is 23.9 Å². The lowest BCUT2D eigenvalue weighted by Gasteiger charge is -2.27. The third-order valence-corrected chi connectivity index (χ3v) is 3.55. The van der Waals surface area contributed by atoms with Gasteiger partial charge in [0.2, 0.25) is 0 Å². The minimum absolute atomic E-state index is 0.0432. The Bertz CT molecular complexity index is 414. The Balaban J connectivity index is 2.96. The second-order valence-corrected chi connectivity index (χ2v) is 5.22. The fraction of sp³-hybridized carbons (Fsp3) is 0.625. The van der Waals surface area contributed by atoms with Gasteiger partial charge in [0.25, 0.3) is 0 Å². The molecule has 1 rings (SSSR count). The van der Waals surface area contributed by atoms with Crippen LogP contribution < -0.4 is 10.1 Å². The molecule has 1 N–H and O–H groups in total. The lowest BCUT2D eigenvalue weighted by molar-refractivity contribution is -0.274. The van der Waals surface area contributed by atoms with Gasteiger partial charge < -0.3 is 10.1 Å². The first-order chi connectivity index (χ1) is 9.91. The summed E-state index contributed by atoms with van der Waals surface area (Å²) in [6, 6.07) is 6.31. The summed E-state index contributed by atoms with van der Waals surface area (Å²) in [7, 11) is 1.85. The van der Waals surface area contributed by atoms with Gasteiger partial charge in [0.05, 0.1) is 0 Å². The molecule has 2 nitrogen and oxygen atoms in total. The fourth-order valence-corrected chi connectivity index (χ4v) is 2.80. The van der Waals surface area contributed by atoms with Gasteiger partial charge in [0.15, 0.2) is 0 Å². The first-order valence-corrected chi connectivity index (χ1v) is 7.44. The van der Waals surface area contributed by atoms with Gasteiger partial charge in [0, 0.05) is 6.04 Å². The van der Waals surface area contributed by atoms with Crippen molar-refractivity contribution in [2.24, 2.45) is 5.92 Å². The standard InChI is InChI=1S/C16H24F3NO/c1-4-7-12(8-5-2)15(20-3)13-9-6-10-14(11-13)21-16(17,18)19/h6,9-12,15,20H,4-5,7-8H2,1-3H3. The summed E-state index contributed by atoms with van der Waals surface area (Å²) >= 11 is 0. The summed E-state index contributed by atoms with van der Waals surface area (Å²) in [5.41, 5.74) is 0.839. The van der Waals surface area contributed by atoms with Crippen LogP contribution >= 0.6 is 0 Å². The maximum atomic E-state index is 12.3. The van der Waals surface area contributed by atoms with Gasteiger partial charge in [-0.05, 0) is 43.5 Å². The molecule has 5 heteroatoms. The molecule has 0 spiro atoms. The Morgan fingerprint density at radius 3 is 2.24 bits per heavy atom. The minimum Gasteiger partial charge on any atom is -0.406 e. The number of hydrogen-bond donors (Lipinski definition) is 1. The number of halogens is 3. The quantitative estimate of drug-likeness (QED) is 0.724. The topological polar surface area (TPSA) is 21.3 Å². The Hall–Kier alpha value is -1.23. The summed E-state index contributed by atoms with van der Waals surface area (Å²) < 4.78 is 41.0. The van der Waals surface area contributed by atoms with Gasteiger partial charge in [-0.3, -0.25) is 0 Å². The van der Waals surface area contributed by atoms with E-state index < -0.39 is 6.36 Å². The maximum Gasteiger partial charge on any atom is 0.573 e. The normalized spacial score (nSPS) is 13.5. The molecular formula is C16H24F3NO. The number of hydrogen-bond acceptors (Lipinski definition) is 2. The lowest BCUT2D eigenvalue weighted by atomic mass is 9.86. The Labute approximate surface area is 124 Å². The van der Waals surface area contributed by atoms with Crippen LogP contribution in [0.4, 0.5) is 13.2 Å². The molecule has 1 atom stereocenters. The van der Waals surface area contributed by atoms with Gasteiger partial charge in [-0.15, -0.1) is 13.2 Å². The molecule has 1 unspecified atom stereocenters. The van der Waals surface area contributed by atoms with Crippen molar-refractivity contribution in [3.05, 3.63) is 29.8 Å². The van der Waals surface area contributed by atoms with Crippen molar-refractivity contribution in [2.75, 3.05) is 7.05 Å². The molecule has 0 aliphatic rings. The Kier molecular flexibility index (Phi) is 7.02. The molecule has 0 aromatic heterocycles. The van der Waals surface area contributed by atoms with Gasteiger partial charge in [0.1, 0.15) is 5.75 Å². The van der Waals surface area contributed by atoms with Crippen molar-refractivity contribution < 1.29 is 17.9 Å². The van der Waals surface area contributed by atoms with Crippen LogP contribution in [0.1, 0.15) is 51.1 Å². The van der Waals surface area contributed by atoms with E-state index >= 15 is 0 Å². The van der Waals surface area contributed by atoms with E-state index in [1.807, 2.05) is 13.1 Å². The monoisotopic (exact) mass is 303 g/mol. The number of alkyl halides is 3. The molecule has 0 bridgehead atoms. The van der Waals surface area contributed by atoms with E-state index in [0.717, 1.165) is 31.2 Å². The Morgan fingerprint density at radius 2 is 1.76 bits per heavy atom. The van der Waals surface area contributed by atoms with E-state index in [1.54, 1.807) is 6.07 Å². The third-order valence-electron chi connectivity index (χ3n) is 3.55. The zero-order valence-corrected chi connectivity index (χ0v) is 12.8. The molecule has 0 amide bonds. The molecule has 0 fully saturated rings. The Morgan fingerprint density at radius 1 is 1.14 bits per heavy atom. The summed E-state index contributed by atoms with van der Waals surface area (Å²) in [5, 5.41) is 3.24. The first-order valence-electron chi connectivity index (χ1n) is 7.44. The average Bonchev–Trinajstić information content (AvgIpc) is 2.38. The molecule has 21 heavy (non-hydrogen) atoms. The van der Waals surface area contributed by atoms with Gasteiger partial charge in [-0.1, -0.05) is 38.8 Å². The molecular weight excluding hydrogens is 279 g/mol. The van der Waals surface area contributed by atoms with Crippen LogP contribution in [0.15, 0.2) is 24.3 Å². The van der Waals surface area contributed by atoms with Crippen molar-refractivity contribution in [2.45, 2.75) is 51.9 Å². The predicted molar refractivity (Wildman–Crippen MR) is 78.2 cm³/mol. The molecule has 1 aromatic rings. The molecule has 0 heterocycles. The highest BCUT2D eigenvalue weighted by molar-refractivity contribution is 5.31. The van der Waals surface area contributed by atoms with Gasteiger partial charge in [-0.25, -0.2) is 0 Å². The number of ether oxygens (including phenoxy) is 1. The van der Waals surface area contributed by atoms with Crippen molar-refractivity contribution in [1.82, 2.24) is 5.32 Å². The largest absolute Gasteiger partial charge is 0.573 e. The molecule has 1 aromatic carbocycles. The second-order valence-electron chi connectivity index (χ2n) is 5.22. The summed E-state index contributed by atoms with van der Waals surface area (Å²) in [4.78, 5) is 0. The van der Waals surface area contributed by atoms with Gasteiger partial charge in [-0.2, -0.15) is 0 Å². The molecule has 0 aliphatic carbocycles. The highest BCUT2D eigenvalue weighted by Gasteiger charge is 2.31. The first kappa shape index (κ1) is 17.8. The molecule has 120 valence electrons. The van der Waals surface area contributed by atoms with Crippen LogP contribution in [0.5, 0.6) is 5.75 Å². The summed E-state index contributed by atoms with van der Waals surface area (Å²) in [5.74, 6) is 0.248. The second kappa shape index (κ2) is 8.27. The van der Waals surface area contributed by atoms with Crippen LogP contribution in [-0.2, 0) is 0 Å². The van der Waals surface area contributed by atoms with E-state index in [4.69, 9.17) is 0 Å². The number of rotatable bonds is 8. The SMILES string of the molecule is CCCC(CCC)C(NC)c1cccc(OC(F)(F)F)c1. The average molecular weight is 303 g/mol. The molecule has 0 saturated heterocycles. The summed E-state index contributed by atoms with van der Waals surface area (Å²) in [6.07, 6.45) is -0.448. The molecule has 0 saturated carbocycles. The minimum atomic E-state index is -4.65. The van der Waals surface area contributed by atoms with Crippen molar-refractivity contribution >= 4 is 0 Å². The highest BCUT2D eigenvalue weighted by Crippen LogP contribution is 2.32. The molecule has 0 aliphatic heterocycles. The van der Waals surface area contributed by atoms with Crippen LogP contribution in [0.3, 0.4) is 0 Å². The molecule has 0 radical (unpaired) electrons. The van der Waals surface area contributed by atoms with Gasteiger partial charge >= 0.3 is 6.36 Å². The van der Waals surface area contributed by atoms with Crippen LogP contribution in [-0.4, -0.2) is 13.4 Å². The number of benzene rings is 1. The zero-order chi connectivity index (χ0) is 15.9. The lowest BCUT2D eigenvalue weighted by Crippen LogP contribution is -2.25. The summed E-state index contributed by atoms with van der Waals surface area (Å²) in [6.45, 7) is 4.25. The van der Waals surface area contributed by atoms with Crippen LogP contribution in [0.25, 0.3) is 0 Å².